The molecule has 18 heavy (non-hydrogen) atoms. The summed E-state index contributed by atoms with van der Waals surface area (Å²) < 4.78 is 0. The van der Waals surface area contributed by atoms with Crippen molar-refractivity contribution in [2.75, 3.05) is 32.8 Å². The molecule has 0 aromatic carbocycles. The predicted octanol–water partition coefficient (Wildman–Crippen LogP) is 2.25. The van der Waals surface area contributed by atoms with Crippen LogP contribution in [0.3, 0.4) is 0 Å². The molecule has 1 saturated heterocycles. The van der Waals surface area contributed by atoms with E-state index in [0.717, 1.165) is 31.8 Å². The van der Waals surface area contributed by atoms with Gasteiger partial charge in [0.25, 0.3) is 0 Å². The molecule has 2 unspecified atom stereocenters. The maximum absolute atomic E-state index is 9.54. The van der Waals surface area contributed by atoms with Gasteiger partial charge in [0.05, 0.1) is 6.61 Å². The second kappa shape index (κ2) is 8.13. The number of nitrogens with one attached hydrogen (secondary N) is 1. The van der Waals surface area contributed by atoms with E-state index in [1.54, 1.807) is 0 Å². The molecule has 0 radical (unpaired) electrons. The van der Waals surface area contributed by atoms with Gasteiger partial charge in [0.15, 0.2) is 0 Å². The Morgan fingerprint density at radius 3 is 2.72 bits per heavy atom. The zero-order valence-corrected chi connectivity index (χ0v) is 12.5. The highest BCUT2D eigenvalue weighted by Gasteiger charge is 2.26. The Kier molecular flexibility index (Phi) is 7.20. The zero-order valence-electron chi connectivity index (χ0n) is 12.5. The quantitative estimate of drug-likeness (QED) is 0.664. The summed E-state index contributed by atoms with van der Waals surface area (Å²) in [7, 11) is 0. The van der Waals surface area contributed by atoms with Crippen molar-refractivity contribution in [1.82, 2.24) is 10.2 Å². The van der Waals surface area contributed by atoms with Gasteiger partial charge in [-0.25, -0.2) is 0 Å². The van der Waals surface area contributed by atoms with Gasteiger partial charge in [-0.3, -0.25) is 0 Å². The van der Waals surface area contributed by atoms with E-state index < -0.39 is 0 Å². The van der Waals surface area contributed by atoms with Crippen molar-refractivity contribution in [3.8, 4) is 0 Å². The molecule has 0 amide bonds. The number of hydrogen-bond acceptors (Lipinski definition) is 3. The third-order valence-corrected chi connectivity index (χ3v) is 4.20. The van der Waals surface area contributed by atoms with Crippen LogP contribution in [0.25, 0.3) is 0 Å². The van der Waals surface area contributed by atoms with Crippen molar-refractivity contribution < 1.29 is 5.11 Å². The van der Waals surface area contributed by atoms with Gasteiger partial charge in [-0.2, -0.15) is 0 Å². The predicted molar refractivity (Wildman–Crippen MR) is 77.9 cm³/mol. The maximum Gasteiger partial charge on any atom is 0.0611 e. The zero-order chi connectivity index (χ0) is 13.4. The molecule has 3 heteroatoms. The molecular formula is C15H32N2O. The second-order valence-corrected chi connectivity index (χ2v) is 6.14. The lowest BCUT2D eigenvalue weighted by molar-refractivity contribution is 0.150. The molecule has 0 aromatic rings. The van der Waals surface area contributed by atoms with Gasteiger partial charge in [0, 0.05) is 12.1 Å². The Morgan fingerprint density at radius 1 is 1.33 bits per heavy atom. The summed E-state index contributed by atoms with van der Waals surface area (Å²) in [5.74, 6) is 0.916. The van der Waals surface area contributed by atoms with Crippen LogP contribution in [0.2, 0.25) is 0 Å². The van der Waals surface area contributed by atoms with Gasteiger partial charge in [-0.15, -0.1) is 0 Å². The van der Waals surface area contributed by atoms with Crippen LogP contribution in [0.1, 0.15) is 52.9 Å². The number of hydrogen-bond donors (Lipinski definition) is 2. The molecule has 2 N–H and O–H groups in total. The van der Waals surface area contributed by atoms with Crippen LogP contribution in [-0.2, 0) is 0 Å². The molecule has 0 aliphatic carbocycles. The average molecular weight is 256 g/mol. The number of nitrogens with zero attached hydrogens (tertiary/aromatic N) is 1. The van der Waals surface area contributed by atoms with E-state index in [-0.39, 0.29) is 12.1 Å². The van der Waals surface area contributed by atoms with Crippen LogP contribution in [0.4, 0.5) is 0 Å². The first kappa shape index (κ1) is 15.9. The molecule has 3 nitrogen and oxygen atoms in total. The smallest absolute Gasteiger partial charge is 0.0611 e. The molecule has 108 valence electrons. The molecule has 1 aliphatic rings. The van der Waals surface area contributed by atoms with E-state index in [2.05, 4.69) is 31.0 Å². The molecule has 1 rings (SSSR count). The lowest BCUT2D eigenvalue weighted by Gasteiger charge is -2.31. The Balaban J connectivity index is 2.26. The molecule has 0 spiro atoms. The summed E-state index contributed by atoms with van der Waals surface area (Å²) >= 11 is 0. The number of aliphatic hydroxyl groups is 1. The van der Waals surface area contributed by atoms with Crippen LogP contribution in [0, 0.1) is 5.92 Å². The van der Waals surface area contributed by atoms with Crippen LogP contribution in [0.5, 0.6) is 0 Å². The van der Waals surface area contributed by atoms with Gasteiger partial charge in [-0.05, 0) is 58.2 Å². The summed E-state index contributed by atoms with van der Waals surface area (Å²) in [6, 6.07) is 0. The molecule has 2 atom stereocenters. The van der Waals surface area contributed by atoms with Crippen molar-refractivity contribution in [2.24, 2.45) is 5.92 Å². The third-order valence-electron chi connectivity index (χ3n) is 4.20. The van der Waals surface area contributed by atoms with Crippen molar-refractivity contribution in [3.05, 3.63) is 0 Å². The van der Waals surface area contributed by atoms with Crippen LogP contribution in [0.15, 0.2) is 0 Å². The lowest BCUT2D eigenvalue weighted by atomic mass is 9.98. The first-order valence-electron chi connectivity index (χ1n) is 7.71. The standard InChI is InChI=1S/C15H32N2O/c1-4-6-14-7-10-17(12-14)11-8-15(3,13-18)16-9-5-2/h14,16,18H,4-13H2,1-3H3. The van der Waals surface area contributed by atoms with Crippen molar-refractivity contribution >= 4 is 0 Å². The molecule has 0 aromatic heterocycles. The Labute approximate surface area is 113 Å². The molecule has 1 fully saturated rings. The van der Waals surface area contributed by atoms with Crippen molar-refractivity contribution in [3.63, 3.8) is 0 Å². The summed E-state index contributed by atoms with van der Waals surface area (Å²) in [5, 5.41) is 13.0. The highest BCUT2D eigenvalue weighted by Crippen LogP contribution is 2.22. The van der Waals surface area contributed by atoms with Crippen molar-refractivity contribution in [1.29, 1.82) is 0 Å². The minimum Gasteiger partial charge on any atom is -0.394 e. The minimum absolute atomic E-state index is 0.0984. The van der Waals surface area contributed by atoms with Gasteiger partial charge >= 0.3 is 0 Å². The minimum atomic E-state index is -0.0984. The van der Waals surface area contributed by atoms with E-state index in [4.69, 9.17) is 0 Å². The van der Waals surface area contributed by atoms with Gasteiger partial charge in [-0.1, -0.05) is 20.3 Å². The number of aliphatic hydroxyl groups excluding tert-OH is 1. The van der Waals surface area contributed by atoms with E-state index in [9.17, 15) is 5.11 Å². The molecule has 0 saturated carbocycles. The largest absolute Gasteiger partial charge is 0.394 e. The summed E-state index contributed by atoms with van der Waals surface area (Å²) in [5.41, 5.74) is -0.0984. The van der Waals surface area contributed by atoms with Crippen LogP contribution in [-0.4, -0.2) is 48.3 Å². The fraction of sp³-hybridized carbons (Fsp3) is 1.00. The molecule has 1 heterocycles. The molecular weight excluding hydrogens is 224 g/mol. The van der Waals surface area contributed by atoms with E-state index in [1.165, 1.54) is 32.4 Å². The van der Waals surface area contributed by atoms with Gasteiger partial charge < -0.3 is 15.3 Å². The first-order chi connectivity index (χ1) is 8.63. The van der Waals surface area contributed by atoms with E-state index in [0.29, 0.717) is 0 Å². The monoisotopic (exact) mass is 256 g/mol. The van der Waals surface area contributed by atoms with E-state index in [1.807, 2.05) is 0 Å². The second-order valence-electron chi connectivity index (χ2n) is 6.14. The lowest BCUT2D eigenvalue weighted by Crippen LogP contribution is -2.48. The number of likely N-dealkylation sites (tertiary alicyclic amines) is 1. The highest BCUT2D eigenvalue weighted by atomic mass is 16.3. The SMILES string of the molecule is CCCNC(C)(CO)CCN1CCC(CCC)C1. The Morgan fingerprint density at radius 2 is 2.11 bits per heavy atom. The summed E-state index contributed by atoms with van der Waals surface area (Å²) in [6.07, 6.45) is 6.22. The topological polar surface area (TPSA) is 35.5 Å². The average Bonchev–Trinajstić information content (AvgIpc) is 2.82. The summed E-state index contributed by atoms with van der Waals surface area (Å²) in [6.45, 7) is 11.5. The van der Waals surface area contributed by atoms with Gasteiger partial charge in [0.1, 0.15) is 0 Å². The highest BCUT2D eigenvalue weighted by molar-refractivity contribution is 4.85. The first-order valence-corrected chi connectivity index (χ1v) is 7.71. The normalized spacial score (nSPS) is 24.3. The Hall–Kier alpha value is -0.120. The van der Waals surface area contributed by atoms with Crippen LogP contribution < -0.4 is 5.32 Å². The van der Waals surface area contributed by atoms with E-state index >= 15 is 0 Å². The van der Waals surface area contributed by atoms with Crippen molar-refractivity contribution in [2.45, 2.75) is 58.4 Å². The molecule has 1 aliphatic heterocycles. The Bertz CT molecular complexity index is 223. The molecule has 0 bridgehead atoms. The fourth-order valence-corrected chi connectivity index (χ4v) is 2.81. The summed E-state index contributed by atoms with van der Waals surface area (Å²) in [4.78, 5) is 2.57. The maximum atomic E-state index is 9.54. The fourth-order valence-electron chi connectivity index (χ4n) is 2.81. The van der Waals surface area contributed by atoms with Gasteiger partial charge in [0.2, 0.25) is 0 Å². The number of rotatable bonds is 9. The van der Waals surface area contributed by atoms with Crippen LogP contribution >= 0.6 is 0 Å². The third kappa shape index (κ3) is 5.25.